The van der Waals surface area contributed by atoms with E-state index in [4.69, 9.17) is 4.98 Å². The molecule has 4 nitrogen and oxygen atoms in total. The third-order valence-electron chi connectivity index (χ3n) is 5.55. The van der Waals surface area contributed by atoms with Gasteiger partial charge in [0.05, 0.1) is 22.6 Å². The molecule has 0 aliphatic rings. The van der Waals surface area contributed by atoms with Gasteiger partial charge in [0.25, 0.3) is 5.56 Å². The van der Waals surface area contributed by atoms with E-state index in [0.29, 0.717) is 5.39 Å². The molecule has 0 unspecified atom stereocenters. The highest BCUT2D eigenvalue weighted by atomic mass is 16.1. The van der Waals surface area contributed by atoms with Gasteiger partial charge in [-0.25, -0.2) is 4.98 Å². The first-order valence-corrected chi connectivity index (χ1v) is 11.0. The second-order valence-corrected chi connectivity index (χ2v) is 7.62. The quantitative estimate of drug-likeness (QED) is 0.460. The third-order valence-corrected chi connectivity index (χ3v) is 5.55. The topological polar surface area (TPSA) is 46.9 Å². The van der Waals surface area contributed by atoms with Crippen molar-refractivity contribution in [2.75, 3.05) is 6.54 Å². The molecule has 29 heavy (non-hydrogen) atoms. The van der Waals surface area contributed by atoms with E-state index in [1.54, 1.807) is 4.57 Å². The summed E-state index contributed by atoms with van der Waals surface area (Å²) in [6, 6.07) is 15.9. The summed E-state index contributed by atoms with van der Waals surface area (Å²) in [6.07, 6.45) is 6.74. The fourth-order valence-corrected chi connectivity index (χ4v) is 3.76. The Morgan fingerprint density at radius 1 is 0.966 bits per heavy atom. The van der Waals surface area contributed by atoms with Crippen LogP contribution < -0.4 is 10.9 Å². The van der Waals surface area contributed by atoms with Gasteiger partial charge in [-0.05, 0) is 55.6 Å². The molecule has 3 rings (SSSR count). The maximum atomic E-state index is 13.4. The highest BCUT2D eigenvalue weighted by molar-refractivity contribution is 5.77. The average Bonchev–Trinajstić information content (AvgIpc) is 2.76. The Kier molecular flexibility index (Phi) is 7.59. The summed E-state index contributed by atoms with van der Waals surface area (Å²) in [5.74, 6) is 0.802. The summed E-state index contributed by atoms with van der Waals surface area (Å²) in [5, 5.41) is 4.31. The molecule has 0 radical (unpaired) electrons. The van der Waals surface area contributed by atoms with Crippen LogP contribution in [0.15, 0.2) is 53.3 Å². The van der Waals surface area contributed by atoms with Crippen molar-refractivity contribution in [3.63, 3.8) is 0 Å². The van der Waals surface area contributed by atoms with Crippen molar-refractivity contribution >= 4 is 10.9 Å². The summed E-state index contributed by atoms with van der Waals surface area (Å²) in [4.78, 5) is 18.4. The van der Waals surface area contributed by atoms with Crippen LogP contribution in [-0.2, 0) is 6.42 Å². The molecule has 154 valence electrons. The molecule has 4 heteroatoms. The number of nitrogens with zero attached hydrogens (tertiary/aromatic N) is 2. The van der Waals surface area contributed by atoms with Gasteiger partial charge in [-0.15, -0.1) is 0 Å². The zero-order chi connectivity index (χ0) is 20.6. The van der Waals surface area contributed by atoms with E-state index in [9.17, 15) is 4.79 Å². The lowest BCUT2D eigenvalue weighted by Crippen LogP contribution is -2.31. The standard InChI is InChI=1S/C25H33N3O/c1-4-7-8-11-18-26-22(6-3)24-27-23-13-10-9-12-21(23)25(29)28(24)20-16-14-19(5-2)15-17-20/h9-10,12-17,22,26H,4-8,11,18H2,1-3H3/t22-/m0/s1. The Labute approximate surface area is 174 Å². The second kappa shape index (κ2) is 10.4. The third kappa shape index (κ3) is 4.94. The molecular formula is C25H33N3O. The summed E-state index contributed by atoms with van der Waals surface area (Å²) < 4.78 is 1.80. The fraction of sp³-hybridized carbons (Fsp3) is 0.440. The molecule has 0 aliphatic carbocycles. The Morgan fingerprint density at radius 3 is 2.41 bits per heavy atom. The van der Waals surface area contributed by atoms with Crippen molar-refractivity contribution in [2.45, 2.75) is 65.3 Å². The number of hydrogen-bond acceptors (Lipinski definition) is 3. The Hall–Kier alpha value is -2.46. The van der Waals surface area contributed by atoms with Crippen LogP contribution in [0.5, 0.6) is 0 Å². The number of fused-ring (bicyclic) bond motifs is 1. The van der Waals surface area contributed by atoms with Gasteiger partial charge in [0.15, 0.2) is 0 Å². The van der Waals surface area contributed by atoms with Crippen LogP contribution in [0.3, 0.4) is 0 Å². The van der Waals surface area contributed by atoms with Crippen molar-refractivity contribution in [1.29, 1.82) is 0 Å². The molecule has 1 N–H and O–H groups in total. The van der Waals surface area contributed by atoms with Crippen LogP contribution in [0.2, 0.25) is 0 Å². The lowest BCUT2D eigenvalue weighted by molar-refractivity contribution is 0.469. The van der Waals surface area contributed by atoms with Gasteiger partial charge in [-0.1, -0.05) is 64.3 Å². The first-order chi connectivity index (χ1) is 14.2. The van der Waals surface area contributed by atoms with Crippen LogP contribution in [-0.4, -0.2) is 16.1 Å². The molecular weight excluding hydrogens is 358 g/mol. The smallest absolute Gasteiger partial charge is 0.266 e. The zero-order valence-corrected chi connectivity index (χ0v) is 17.9. The molecule has 0 bridgehead atoms. The molecule has 1 heterocycles. The summed E-state index contributed by atoms with van der Waals surface area (Å²) in [5.41, 5.74) is 2.91. The highest BCUT2D eigenvalue weighted by Gasteiger charge is 2.19. The van der Waals surface area contributed by atoms with E-state index >= 15 is 0 Å². The lowest BCUT2D eigenvalue weighted by atomic mass is 10.1. The minimum absolute atomic E-state index is 0.00100. The maximum Gasteiger partial charge on any atom is 0.266 e. The summed E-state index contributed by atoms with van der Waals surface area (Å²) >= 11 is 0. The van der Waals surface area contributed by atoms with E-state index in [1.807, 2.05) is 36.4 Å². The number of rotatable bonds is 10. The Morgan fingerprint density at radius 2 is 1.72 bits per heavy atom. The van der Waals surface area contributed by atoms with Gasteiger partial charge >= 0.3 is 0 Å². The zero-order valence-electron chi connectivity index (χ0n) is 17.9. The van der Waals surface area contributed by atoms with Gasteiger partial charge in [0.2, 0.25) is 0 Å². The van der Waals surface area contributed by atoms with Crippen LogP contribution in [0.25, 0.3) is 16.6 Å². The minimum atomic E-state index is 0.00100. The van der Waals surface area contributed by atoms with Crippen molar-refractivity contribution in [3.05, 3.63) is 70.3 Å². The molecule has 0 amide bonds. The molecule has 0 spiro atoms. The number of unbranched alkanes of at least 4 members (excludes halogenated alkanes) is 3. The molecule has 0 aliphatic heterocycles. The molecule has 2 aromatic carbocycles. The van der Waals surface area contributed by atoms with Gasteiger partial charge in [-0.2, -0.15) is 0 Å². The summed E-state index contributed by atoms with van der Waals surface area (Å²) in [7, 11) is 0. The van der Waals surface area contributed by atoms with E-state index < -0.39 is 0 Å². The Balaban J connectivity index is 2.04. The van der Waals surface area contributed by atoms with Crippen LogP contribution >= 0.6 is 0 Å². The van der Waals surface area contributed by atoms with Gasteiger partial charge in [0, 0.05) is 0 Å². The van der Waals surface area contributed by atoms with Crippen LogP contribution in [0.1, 0.15) is 70.3 Å². The normalized spacial score (nSPS) is 12.4. The van der Waals surface area contributed by atoms with Crippen molar-refractivity contribution in [1.82, 2.24) is 14.9 Å². The van der Waals surface area contributed by atoms with Gasteiger partial charge in [-0.3, -0.25) is 9.36 Å². The second-order valence-electron chi connectivity index (χ2n) is 7.62. The molecule has 1 atom stereocenters. The number of para-hydroxylation sites is 1. The number of benzene rings is 2. The first-order valence-electron chi connectivity index (χ1n) is 11.0. The number of nitrogens with one attached hydrogen (secondary N) is 1. The van der Waals surface area contributed by atoms with Crippen LogP contribution in [0.4, 0.5) is 0 Å². The van der Waals surface area contributed by atoms with E-state index in [2.05, 4.69) is 38.2 Å². The molecule has 0 saturated heterocycles. The predicted molar refractivity (Wildman–Crippen MR) is 122 cm³/mol. The van der Waals surface area contributed by atoms with Crippen molar-refractivity contribution in [3.8, 4) is 5.69 Å². The first kappa shape index (κ1) is 21.3. The van der Waals surface area contributed by atoms with Crippen molar-refractivity contribution in [2.24, 2.45) is 0 Å². The predicted octanol–water partition coefficient (Wildman–Crippen LogP) is 5.57. The van der Waals surface area contributed by atoms with Gasteiger partial charge < -0.3 is 5.32 Å². The lowest BCUT2D eigenvalue weighted by Gasteiger charge is -2.22. The number of aryl methyl sites for hydroxylation is 1. The van der Waals surface area contributed by atoms with Crippen molar-refractivity contribution < 1.29 is 0 Å². The Bertz CT molecular complexity index is 976. The van der Waals surface area contributed by atoms with E-state index in [0.717, 1.165) is 42.8 Å². The van der Waals surface area contributed by atoms with E-state index in [-0.39, 0.29) is 11.6 Å². The average molecular weight is 392 g/mol. The SMILES string of the molecule is CCCCCCN[C@@H](CC)c1nc2ccccc2c(=O)n1-c1ccc(CC)cc1. The largest absolute Gasteiger partial charge is 0.307 e. The molecule has 0 saturated carbocycles. The molecule has 0 fully saturated rings. The molecule has 1 aromatic heterocycles. The summed E-state index contributed by atoms with van der Waals surface area (Å²) in [6.45, 7) is 7.45. The fourth-order valence-electron chi connectivity index (χ4n) is 3.76. The minimum Gasteiger partial charge on any atom is -0.307 e. The van der Waals surface area contributed by atoms with Crippen LogP contribution in [0, 0.1) is 0 Å². The monoisotopic (exact) mass is 391 g/mol. The van der Waals surface area contributed by atoms with E-state index in [1.165, 1.54) is 24.8 Å². The number of aromatic nitrogens is 2. The van der Waals surface area contributed by atoms with Gasteiger partial charge in [0.1, 0.15) is 5.82 Å². The molecule has 3 aromatic rings. The maximum absolute atomic E-state index is 13.4. The highest BCUT2D eigenvalue weighted by Crippen LogP contribution is 2.21. The number of hydrogen-bond donors (Lipinski definition) is 1.